The van der Waals surface area contributed by atoms with Crippen LogP contribution in [0.1, 0.15) is 56.9 Å². The standard InChI is InChI=1S/C14H22N2O/c1-16-11-12(10-15-16)14(17)8-6-13(7-9-14)4-2-3-5-13/h10-11,17H,2-9H2,1H3. The highest BCUT2D eigenvalue weighted by Gasteiger charge is 2.44. The number of aliphatic hydroxyl groups is 1. The van der Waals surface area contributed by atoms with Crippen molar-refractivity contribution < 1.29 is 5.11 Å². The molecule has 3 heteroatoms. The molecule has 2 aliphatic carbocycles. The highest BCUT2D eigenvalue weighted by atomic mass is 16.3. The van der Waals surface area contributed by atoms with Crippen LogP contribution in [0.2, 0.25) is 0 Å². The SMILES string of the molecule is Cn1cc(C2(O)CCC3(CCCC3)CC2)cn1. The average molecular weight is 234 g/mol. The maximum atomic E-state index is 10.7. The third-order valence-electron chi connectivity index (χ3n) is 5.04. The van der Waals surface area contributed by atoms with Gasteiger partial charge in [-0.25, -0.2) is 0 Å². The molecule has 2 fully saturated rings. The van der Waals surface area contributed by atoms with Crippen LogP contribution in [-0.4, -0.2) is 14.9 Å². The first-order valence-electron chi connectivity index (χ1n) is 6.84. The van der Waals surface area contributed by atoms with Gasteiger partial charge in [0.2, 0.25) is 0 Å². The van der Waals surface area contributed by atoms with Gasteiger partial charge in [-0.1, -0.05) is 12.8 Å². The number of nitrogens with zero attached hydrogens (tertiary/aromatic N) is 2. The summed E-state index contributed by atoms with van der Waals surface area (Å²) in [5.41, 5.74) is 0.976. The zero-order valence-corrected chi connectivity index (χ0v) is 10.7. The molecule has 0 radical (unpaired) electrons. The Kier molecular flexibility index (Phi) is 2.54. The Labute approximate surface area is 103 Å². The van der Waals surface area contributed by atoms with Crippen molar-refractivity contribution in [2.45, 2.75) is 57.0 Å². The minimum Gasteiger partial charge on any atom is -0.385 e. The van der Waals surface area contributed by atoms with E-state index in [0.29, 0.717) is 5.41 Å². The number of aromatic nitrogens is 2. The molecular formula is C14H22N2O. The van der Waals surface area contributed by atoms with Crippen molar-refractivity contribution in [2.75, 3.05) is 0 Å². The summed E-state index contributed by atoms with van der Waals surface area (Å²) in [6, 6.07) is 0. The van der Waals surface area contributed by atoms with Crippen molar-refractivity contribution >= 4 is 0 Å². The fourth-order valence-electron chi connectivity index (χ4n) is 3.77. The molecule has 1 spiro atoms. The van der Waals surface area contributed by atoms with Gasteiger partial charge in [-0.05, 0) is 43.9 Å². The molecule has 0 unspecified atom stereocenters. The second-order valence-corrected chi connectivity index (χ2v) is 6.14. The normalized spacial score (nSPS) is 26.5. The monoisotopic (exact) mass is 234 g/mol. The maximum Gasteiger partial charge on any atom is 0.0927 e. The largest absolute Gasteiger partial charge is 0.385 e. The van der Waals surface area contributed by atoms with E-state index in [9.17, 15) is 5.11 Å². The van der Waals surface area contributed by atoms with Crippen LogP contribution < -0.4 is 0 Å². The number of hydrogen-bond acceptors (Lipinski definition) is 2. The molecule has 17 heavy (non-hydrogen) atoms. The highest BCUT2D eigenvalue weighted by molar-refractivity contribution is 5.17. The Bertz CT molecular complexity index is 394. The van der Waals surface area contributed by atoms with Gasteiger partial charge in [0.25, 0.3) is 0 Å². The lowest BCUT2D eigenvalue weighted by atomic mass is 9.66. The zero-order chi connectivity index (χ0) is 11.9. The topological polar surface area (TPSA) is 38.0 Å². The van der Waals surface area contributed by atoms with E-state index in [2.05, 4.69) is 5.10 Å². The summed E-state index contributed by atoms with van der Waals surface area (Å²) < 4.78 is 1.78. The molecule has 3 nitrogen and oxygen atoms in total. The van der Waals surface area contributed by atoms with Gasteiger partial charge in [0.1, 0.15) is 0 Å². The molecule has 1 aromatic heterocycles. The molecule has 1 aromatic rings. The van der Waals surface area contributed by atoms with E-state index >= 15 is 0 Å². The van der Waals surface area contributed by atoms with E-state index < -0.39 is 5.60 Å². The van der Waals surface area contributed by atoms with Crippen LogP contribution >= 0.6 is 0 Å². The molecule has 1 N–H and O–H groups in total. The number of rotatable bonds is 1. The summed E-state index contributed by atoms with van der Waals surface area (Å²) in [7, 11) is 1.91. The Morgan fingerprint density at radius 1 is 1.12 bits per heavy atom. The van der Waals surface area contributed by atoms with Gasteiger partial charge in [-0.2, -0.15) is 5.10 Å². The van der Waals surface area contributed by atoms with Crippen molar-refractivity contribution in [1.82, 2.24) is 9.78 Å². The molecule has 1 heterocycles. The van der Waals surface area contributed by atoms with Crippen LogP contribution in [0.5, 0.6) is 0 Å². The molecule has 2 aliphatic rings. The lowest BCUT2D eigenvalue weighted by Gasteiger charge is -2.41. The predicted molar refractivity (Wildman–Crippen MR) is 66.5 cm³/mol. The molecule has 2 saturated carbocycles. The summed E-state index contributed by atoms with van der Waals surface area (Å²) in [4.78, 5) is 0. The van der Waals surface area contributed by atoms with Crippen molar-refractivity contribution in [3.63, 3.8) is 0 Å². The minimum absolute atomic E-state index is 0.578. The van der Waals surface area contributed by atoms with Crippen molar-refractivity contribution in [1.29, 1.82) is 0 Å². The summed E-state index contributed by atoms with van der Waals surface area (Å²) in [6.45, 7) is 0. The summed E-state index contributed by atoms with van der Waals surface area (Å²) in [5.74, 6) is 0. The lowest BCUT2D eigenvalue weighted by Crippen LogP contribution is -2.35. The van der Waals surface area contributed by atoms with Gasteiger partial charge in [0.15, 0.2) is 0 Å². The Hall–Kier alpha value is -0.830. The first-order chi connectivity index (χ1) is 8.12. The molecule has 0 bridgehead atoms. The molecule has 3 rings (SSSR count). The van der Waals surface area contributed by atoms with E-state index in [0.717, 1.165) is 18.4 Å². The predicted octanol–water partition coefficient (Wildman–Crippen LogP) is 2.74. The van der Waals surface area contributed by atoms with E-state index in [-0.39, 0.29) is 0 Å². The molecule has 94 valence electrons. The molecule has 0 aliphatic heterocycles. The zero-order valence-electron chi connectivity index (χ0n) is 10.7. The maximum absolute atomic E-state index is 10.7. The van der Waals surface area contributed by atoms with Gasteiger partial charge in [-0.3, -0.25) is 4.68 Å². The molecule has 0 saturated heterocycles. The van der Waals surface area contributed by atoms with Gasteiger partial charge < -0.3 is 5.11 Å². The number of hydrogen-bond donors (Lipinski definition) is 1. The van der Waals surface area contributed by atoms with Gasteiger partial charge in [0, 0.05) is 18.8 Å². The van der Waals surface area contributed by atoms with E-state index in [1.807, 2.05) is 19.4 Å². The lowest BCUT2D eigenvalue weighted by molar-refractivity contribution is -0.0376. The third-order valence-corrected chi connectivity index (χ3v) is 5.04. The average Bonchev–Trinajstić information content (AvgIpc) is 2.94. The second-order valence-electron chi connectivity index (χ2n) is 6.14. The first kappa shape index (κ1) is 11.3. The van der Waals surface area contributed by atoms with Crippen molar-refractivity contribution in [3.05, 3.63) is 18.0 Å². The first-order valence-corrected chi connectivity index (χ1v) is 6.84. The third kappa shape index (κ3) is 1.90. The van der Waals surface area contributed by atoms with Crippen LogP contribution in [0.4, 0.5) is 0 Å². The second kappa shape index (κ2) is 3.84. The van der Waals surface area contributed by atoms with Gasteiger partial charge in [-0.15, -0.1) is 0 Å². The van der Waals surface area contributed by atoms with Crippen LogP contribution in [0.3, 0.4) is 0 Å². The van der Waals surface area contributed by atoms with Crippen LogP contribution in [0.15, 0.2) is 12.4 Å². The molecule has 0 amide bonds. The van der Waals surface area contributed by atoms with E-state index in [1.54, 1.807) is 4.68 Å². The van der Waals surface area contributed by atoms with E-state index in [4.69, 9.17) is 0 Å². The number of aryl methyl sites for hydroxylation is 1. The van der Waals surface area contributed by atoms with Crippen molar-refractivity contribution in [3.8, 4) is 0 Å². The van der Waals surface area contributed by atoms with Crippen molar-refractivity contribution in [2.24, 2.45) is 12.5 Å². The fraction of sp³-hybridized carbons (Fsp3) is 0.786. The van der Waals surface area contributed by atoms with Crippen LogP contribution in [-0.2, 0) is 12.6 Å². The molecular weight excluding hydrogens is 212 g/mol. The Balaban J connectivity index is 1.75. The Morgan fingerprint density at radius 3 is 2.29 bits per heavy atom. The summed E-state index contributed by atoms with van der Waals surface area (Å²) >= 11 is 0. The van der Waals surface area contributed by atoms with Gasteiger partial charge >= 0.3 is 0 Å². The smallest absolute Gasteiger partial charge is 0.0927 e. The van der Waals surface area contributed by atoms with Gasteiger partial charge in [0.05, 0.1) is 11.8 Å². The van der Waals surface area contributed by atoms with Crippen LogP contribution in [0.25, 0.3) is 0 Å². The minimum atomic E-state index is -0.609. The quantitative estimate of drug-likeness (QED) is 0.811. The summed E-state index contributed by atoms with van der Waals surface area (Å²) in [6.07, 6.45) is 13.6. The fourth-order valence-corrected chi connectivity index (χ4v) is 3.77. The Morgan fingerprint density at radius 2 is 1.76 bits per heavy atom. The molecule has 0 atom stereocenters. The van der Waals surface area contributed by atoms with Crippen LogP contribution in [0, 0.1) is 5.41 Å². The highest BCUT2D eigenvalue weighted by Crippen LogP contribution is 2.53. The molecule has 0 aromatic carbocycles. The van der Waals surface area contributed by atoms with E-state index in [1.165, 1.54) is 38.5 Å². The summed E-state index contributed by atoms with van der Waals surface area (Å²) in [5, 5.41) is 14.9.